The molecule has 0 radical (unpaired) electrons. The Morgan fingerprint density at radius 1 is 1.22 bits per heavy atom. The van der Waals surface area contributed by atoms with Gasteiger partial charge >= 0.3 is 0 Å². The second kappa shape index (κ2) is 7.52. The van der Waals surface area contributed by atoms with Crippen molar-refractivity contribution in [2.75, 3.05) is 13.2 Å². The van der Waals surface area contributed by atoms with Crippen molar-refractivity contribution in [3.63, 3.8) is 0 Å². The summed E-state index contributed by atoms with van der Waals surface area (Å²) >= 11 is 0. The second-order valence-electron chi connectivity index (χ2n) is 5.10. The zero-order chi connectivity index (χ0) is 12.6. The molecule has 1 aliphatic heterocycles. The molecule has 2 rings (SSSR count). The highest BCUT2D eigenvalue weighted by molar-refractivity contribution is 5.14. The van der Waals surface area contributed by atoms with Gasteiger partial charge < -0.3 is 4.74 Å². The molecule has 1 unspecified atom stereocenters. The molecule has 1 fully saturated rings. The van der Waals surface area contributed by atoms with Crippen LogP contribution in [0.15, 0.2) is 30.3 Å². The molecular formula is C15H24N2O. The van der Waals surface area contributed by atoms with E-state index in [1.54, 1.807) is 0 Å². The van der Waals surface area contributed by atoms with Gasteiger partial charge in [0.2, 0.25) is 0 Å². The average Bonchev–Trinajstić information content (AvgIpc) is 2.46. The van der Waals surface area contributed by atoms with E-state index >= 15 is 0 Å². The van der Waals surface area contributed by atoms with Crippen molar-refractivity contribution in [3.8, 4) is 0 Å². The van der Waals surface area contributed by atoms with E-state index in [9.17, 15) is 0 Å². The minimum Gasteiger partial charge on any atom is -0.381 e. The van der Waals surface area contributed by atoms with Crippen molar-refractivity contribution in [1.29, 1.82) is 0 Å². The molecule has 1 aromatic carbocycles. The third-order valence-corrected chi connectivity index (χ3v) is 3.87. The van der Waals surface area contributed by atoms with Crippen molar-refractivity contribution in [3.05, 3.63) is 35.9 Å². The van der Waals surface area contributed by atoms with Gasteiger partial charge in [-0.2, -0.15) is 0 Å². The van der Waals surface area contributed by atoms with Crippen molar-refractivity contribution in [2.45, 2.75) is 38.1 Å². The van der Waals surface area contributed by atoms with Crippen LogP contribution in [0.1, 0.15) is 31.2 Å². The van der Waals surface area contributed by atoms with Crippen molar-refractivity contribution in [1.82, 2.24) is 5.43 Å². The maximum Gasteiger partial charge on any atom is 0.0469 e. The number of hydrazine groups is 1. The van der Waals surface area contributed by atoms with Crippen LogP contribution in [-0.4, -0.2) is 19.3 Å². The molecule has 1 aliphatic rings. The van der Waals surface area contributed by atoms with E-state index in [1.165, 1.54) is 12.0 Å². The number of rotatable bonds is 6. The molecule has 1 saturated heterocycles. The van der Waals surface area contributed by atoms with Crippen molar-refractivity contribution in [2.24, 2.45) is 11.8 Å². The molecule has 18 heavy (non-hydrogen) atoms. The number of hydrogen-bond donors (Lipinski definition) is 2. The highest BCUT2D eigenvalue weighted by atomic mass is 16.5. The van der Waals surface area contributed by atoms with Gasteiger partial charge in [-0.3, -0.25) is 11.3 Å². The first-order chi connectivity index (χ1) is 8.90. The number of nitrogens with one attached hydrogen (secondary N) is 1. The normalized spacial score (nSPS) is 18.7. The monoisotopic (exact) mass is 248 g/mol. The first-order valence-electron chi connectivity index (χ1n) is 6.98. The third-order valence-electron chi connectivity index (χ3n) is 3.87. The van der Waals surface area contributed by atoms with Crippen LogP contribution in [0.4, 0.5) is 0 Å². The lowest BCUT2D eigenvalue weighted by molar-refractivity contribution is 0.0523. The standard InChI is InChI=1S/C15H24N2O/c16-17-15(14-9-11-18-12-10-14)8-4-7-13-5-2-1-3-6-13/h1-3,5-6,14-15,17H,4,7-12,16H2. The van der Waals surface area contributed by atoms with Gasteiger partial charge in [-0.1, -0.05) is 30.3 Å². The average molecular weight is 248 g/mol. The predicted octanol–water partition coefficient (Wildman–Crippen LogP) is 2.27. The molecule has 1 aromatic rings. The summed E-state index contributed by atoms with van der Waals surface area (Å²) in [5, 5.41) is 0. The van der Waals surface area contributed by atoms with Crippen LogP contribution in [0.5, 0.6) is 0 Å². The Morgan fingerprint density at radius 3 is 2.61 bits per heavy atom. The van der Waals surface area contributed by atoms with Crippen LogP contribution >= 0.6 is 0 Å². The summed E-state index contributed by atoms with van der Waals surface area (Å²) in [7, 11) is 0. The summed E-state index contributed by atoms with van der Waals surface area (Å²) in [6.07, 6.45) is 5.76. The lowest BCUT2D eigenvalue weighted by Crippen LogP contribution is -2.43. The van der Waals surface area contributed by atoms with Crippen LogP contribution in [0.2, 0.25) is 0 Å². The van der Waals surface area contributed by atoms with E-state index in [0.29, 0.717) is 12.0 Å². The Morgan fingerprint density at radius 2 is 1.94 bits per heavy atom. The first kappa shape index (κ1) is 13.5. The van der Waals surface area contributed by atoms with Gasteiger partial charge in [0.05, 0.1) is 0 Å². The van der Waals surface area contributed by atoms with Gasteiger partial charge in [0, 0.05) is 19.3 Å². The van der Waals surface area contributed by atoms with Crippen LogP contribution in [-0.2, 0) is 11.2 Å². The number of aryl methyl sites for hydroxylation is 1. The lowest BCUT2D eigenvalue weighted by atomic mass is 9.88. The van der Waals surface area contributed by atoms with Crippen molar-refractivity contribution < 1.29 is 4.74 Å². The van der Waals surface area contributed by atoms with E-state index < -0.39 is 0 Å². The number of hydrogen-bond acceptors (Lipinski definition) is 3. The Kier molecular flexibility index (Phi) is 5.65. The highest BCUT2D eigenvalue weighted by Crippen LogP contribution is 2.21. The minimum atomic E-state index is 0.442. The molecule has 1 atom stereocenters. The molecule has 0 bridgehead atoms. The summed E-state index contributed by atoms with van der Waals surface area (Å²) in [5.41, 5.74) is 4.42. The van der Waals surface area contributed by atoms with E-state index in [-0.39, 0.29) is 0 Å². The van der Waals surface area contributed by atoms with Gasteiger partial charge in [0.25, 0.3) is 0 Å². The second-order valence-corrected chi connectivity index (χ2v) is 5.10. The fourth-order valence-corrected chi connectivity index (χ4v) is 2.74. The van der Waals surface area contributed by atoms with Gasteiger partial charge in [0.1, 0.15) is 0 Å². The fourth-order valence-electron chi connectivity index (χ4n) is 2.74. The molecule has 3 N–H and O–H groups in total. The van der Waals surface area contributed by atoms with Gasteiger partial charge in [-0.05, 0) is 43.6 Å². The maximum atomic E-state index is 5.69. The van der Waals surface area contributed by atoms with E-state index in [2.05, 4.69) is 35.8 Å². The Bertz CT molecular complexity index is 323. The van der Waals surface area contributed by atoms with Gasteiger partial charge in [-0.15, -0.1) is 0 Å². The van der Waals surface area contributed by atoms with E-state index in [4.69, 9.17) is 10.6 Å². The van der Waals surface area contributed by atoms with Crippen molar-refractivity contribution >= 4 is 0 Å². The third kappa shape index (κ3) is 4.09. The Labute approximate surface area is 110 Å². The minimum absolute atomic E-state index is 0.442. The Hall–Kier alpha value is -0.900. The van der Waals surface area contributed by atoms with Crippen LogP contribution in [0.3, 0.4) is 0 Å². The highest BCUT2D eigenvalue weighted by Gasteiger charge is 2.22. The molecule has 1 heterocycles. The van der Waals surface area contributed by atoms with E-state index in [0.717, 1.165) is 38.9 Å². The molecule has 0 aromatic heterocycles. The van der Waals surface area contributed by atoms with Crippen LogP contribution in [0.25, 0.3) is 0 Å². The zero-order valence-corrected chi connectivity index (χ0v) is 11.0. The summed E-state index contributed by atoms with van der Waals surface area (Å²) in [5.74, 6) is 6.37. The van der Waals surface area contributed by atoms with Gasteiger partial charge in [0.15, 0.2) is 0 Å². The fraction of sp³-hybridized carbons (Fsp3) is 0.600. The molecule has 3 heteroatoms. The number of nitrogens with two attached hydrogens (primary N) is 1. The summed E-state index contributed by atoms with van der Waals surface area (Å²) in [6.45, 7) is 1.78. The molecule has 0 amide bonds. The number of benzene rings is 1. The molecule has 0 aliphatic carbocycles. The topological polar surface area (TPSA) is 47.3 Å². The molecule has 0 spiro atoms. The molecule has 3 nitrogen and oxygen atoms in total. The van der Waals surface area contributed by atoms with E-state index in [1.807, 2.05) is 0 Å². The quantitative estimate of drug-likeness (QED) is 0.599. The molecular weight excluding hydrogens is 224 g/mol. The smallest absolute Gasteiger partial charge is 0.0469 e. The molecule has 100 valence electrons. The summed E-state index contributed by atoms with van der Waals surface area (Å²) in [4.78, 5) is 0. The maximum absolute atomic E-state index is 5.69. The first-order valence-corrected chi connectivity index (χ1v) is 6.98. The SMILES string of the molecule is NNC(CCCc1ccccc1)C1CCOCC1. The Balaban J connectivity index is 1.73. The van der Waals surface area contributed by atoms with Crippen LogP contribution in [0, 0.1) is 5.92 Å². The van der Waals surface area contributed by atoms with Gasteiger partial charge in [-0.25, -0.2) is 0 Å². The summed E-state index contributed by atoms with van der Waals surface area (Å²) < 4.78 is 5.40. The summed E-state index contributed by atoms with van der Waals surface area (Å²) in [6, 6.07) is 11.1. The molecule has 0 saturated carbocycles. The lowest BCUT2D eigenvalue weighted by Gasteiger charge is -2.29. The largest absolute Gasteiger partial charge is 0.381 e. The zero-order valence-electron chi connectivity index (χ0n) is 11.0. The number of ether oxygens (including phenoxy) is 1. The van der Waals surface area contributed by atoms with Crippen LogP contribution < -0.4 is 11.3 Å². The predicted molar refractivity (Wildman–Crippen MR) is 74.0 cm³/mol.